The van der Waals surface area contributed by atoms with Crippen molar-refractivity contribution in [2.24, 2.45) is 0 Å². The van der Waals surface area contributed by atoms with Crippen LogP contribution in [0.1, 0.15) is 30.9 Å². The van der Waals surface area contributed by atoms with Gasteiger partial charge in [0.25, 0.3) is 0 Å². The molecule has 2 N–H and O–H groups in total. The van der Waals surface area contributed by atoms with E-state index in [1.54, 1.807) is 12.1 Å². The second-order valence-electron chi connectivity index (χ2n) is 5.34. The van der Waals surface area contributed by atoms with Gasteiger partial charge in [0.15, 0.2) is 0 Å². The molecule has 6 heteroatoms. The molecule has 0 heterocycles. The maximum atomic E-state index is 12.2. The van der Waals surface area contributed by atoms with Gasteiger partial charge in [-0.05, 0) is 49.9 Å². The minimum absolute atomic E-state index is 0.291. The highest BCUT2D eigenvalue weighted by atomic mass is 32.2. The summed E-state index contributed by atoms with van der Waals surface area (Å²) < 4.78 is 32.1. The Balaban J connectivity index is 2.01. The van der Waals surface area contributed by atoms with E-state index >= 15 is 0 Å². The third-order valence-electron chi connectivity index (χ3n) is 3.53. The zero-order chi connectivity index (χ0) is 15.3. The number of ether oxygens (including phenoxy) is 1. The van der Waals surface area contributed by atoms with Crippen molar-refractivity contribution in [3.8, 4) is 0 Å². The molecule has 21 heavy (non-hydrogen) atoms. The van der Waals surface area contributed by atoms with Crippen LogP contribution < -0.4 is 10.0 Å². The molecule has 1 aliphatic rings. The number of hydrogen-bond donors (Lipinski definition) is 2. The zero-order valence-electron chi connectivity index (χ0n) is 12.7. The van der Waals surface area contributed by atoms with Crippen molar-refractivity contribution in [2.45, 2.75) is 44.2 Å². The molecule has 5 nitrogen and oxygen atoms in total. The van der Waals surface area contributed by atoms with E-state index in [-0.39, 0.29) is 0 Å². The largest absolute Gasteiger partial charge is 0.380 e. The van der Waals surface area contributed by atoms with Gasteiger partial charge in [-0.25, -0.2) is 13.1 Å². The molecule has 1 aromatic carbocycles. The van der Waals surface area contributed by atoms with Crippen molar-refractivity contribution in [1.82, 2.24) is 10.0 Å². The molecule has 0 aliphatic heterocycles. The average molecular weight is 312 g/mol. The molecular weight excluding hydrogens is 288 g/mol. The van der Waals surface area contributed by atoms with Gasteiger partial charge >= 0.3 is 0 Å². The summed E-state index contributed by atoms with van der Waals surface area (Å²) in [5, 5.41) is 3.42. The molecule has 0 atom stereocenters. The standard InChI is InChI=1S/C15H24N2O3S/c1-3-20-9-8-17-21(18,19)15-7-4-12(2)13(10-15)11-16-14-5-6-14/h4,7,10,14,16-17H,3,5-6,8-9,11H2,1-2H3. The van der Waals surface area contributed by atoms with E-state index in [1.807, 2.05) is 19.9 Å². The average Bonchev–Trinajstić information content (AvgIpc) is 3.27. The Kier molecular flexibility index (Phi) is 5.75. The molecule has 1 aliphatic carbocycles. The van der Waals surface area contributed by atoms with Crippen LogP contribution in [0.4, 0.5) is 0 Å². The van der Waals surface area contributed by atoms with E-state index in [2.05, 4.69) is 10.0 Å². The Labute approximate surface area is 127 Å². The van der Waals surface area contributed by atoms with Crippen LogP contribution in [0.5, 0.6) is 0 Å². The predicted octanol–water partition coefficient (Wildman–Crippen LogP) is 1.56. The van der Waals surface area contributed by atoms with Gasteiger partial charge in [0.1, 0.15) is 0 Å². The summed E-state index contributed by atoms with van der Waals surface area (Å²) in [6, 6.07) is 5.88. The van der Waals surface area contributed by atoms with Gasteiger partial charge in [0.05, 0.1) is 11.5 Å². The Hall–Kier alpha value is -0.950. The highest BCUT2D eigenvalue weighted by Gasteiger charge is 2.21. The van der Waals surface area contributed by atoms with Crippen molar-refractivity contribution >= 4 is 10.0 Å². The van der Waals surface area contributed by atoms with E-state index in [0.717, 1.165) is 17.7 Å². The summed E-state index contributed by atoms with van der Waals surface area (Å²) in [6.07, 6.45) is 2.44. The first-order chi connectivity index (χ1) is 10.0. The topological polar surface area (TPSA) is 67.4 Å². The van der Waals surface area contributed by atoms with Gasteiger partial charge in [-0.1, -0.05) is 6.07 Å². The number of hydrogen-bond acceptors (Lipinski definition) is 4. The molecule has 0 saturated heterocycles. The first kappa shape index (κ1) is 16.4. The molecule has 0 aromatic heterocycles. The summed E-state index contributed by atoms with van der Waals surface area (Å²) in [7, 11) is -3.46. The van der Waals surface area contributed by atoms with Crippen LogP contribution in [0.3, 0.4) is 0 Å². The second-order valence-corrected chi connectivity index (χ2v) is 7.11. The summed E-state index contributed by atoms with van der Waals surface area (Å²) in [6.45, 7) is 5.87. The number of nitrogens with one attached hydrogen (secondary N) is 2. The first-order valence-electron chi connectivity index (χ1n) is 7.43. The van der Waals surface area contributed by atoms with Crippen molar-refractivity contribution in [1.29, 1.82) is 0 Å². The zero-order valence-corrected chi connectivity index (χ0v) is 13.5. The molecule has 0 radical (unpaired) electrons. The number of sulfonamides is 1. The molecule has 0 bridgehead atoms. The highest BCUT2D eigenvalue weighted by Crippen LogP contribution is 2.21. The molecule has 0 unspecified atom stereocenters. The van der Waals surface area contributed by atoms with Crippen LogP contribution >= 0.6 is 0 Å². The number of aryl methyl sites for hydroxylation is 1. The number of rotatable bonds is 9. The Morgan fingerprint density at radius 2 is 2.10 bits per heavy atom. The Morgan fingerprint density at radius 1 is 1.33 bits per heavy atom. The third-order valence-corrected chi connectivity index (χ3v) is 4.99. The van der Waals surface area contributed by atoms with Crippen molar-refractivity contribution in [3.05, 3.63) is 29.3 Å². The Bertz CT molecular complexity index is 568. The maximum Gasteiger partial charge on any atom is 0.240 e. The summed E-state index contributed by atoms with van der Waals surface area (Å²) >= 11 is 0. The summed E-state index contributed by atoms with van der Waals surface area (Å²) in [4.78, 5) is 0.317. The van der Waals surface area contributed by atoms with E-state index in [4.69, 9.17) is 4.74 Å². The van der Waals surface area contributed by atoms with Gasteiger partial charge in [0, 0.05) is 25.7 Å². The molecular formula is C15H24N2O3S. The van der Waals surface area contributed by atoms with Crippen molar-refractivity contribution in [3.63, 3.8) is 0 Å². The number of benzene rings is 1. The first-order valence-corrected chi connectivity index (χ1v) is 8.91. The third kappa shape index (κ3) is 5.07. The molecule has 0 spiro atoms. The van der Waals surface area contributed by atoms with E-state index in [9.17, 15) is 8.42 Å². The van der Waals surface area contributed by atoms with Crippen LogP contribution in [0.25, 0.3) is 0 Å². The normalized spacial score (nSPS) is 15.3. The molecule has 1 aromatic rings. The lowest BCUT2D eigenvalue weighted by atomic mass is 10.1. The van der Waals surface area contributed by atoms with Gasteiger partial charge in [0.2, 0.25) is 10.0 Å². The highest BCUT2D eigenvalue weighted by molar-refractivity contribution is 7.89. The molecule has 1 fully saturated rings. The maximum absolute atomic E-state index is 12.2. The van der Waals surface area contributed by atoms with E-state index in [1.165, 1.54) is 12.8 Å². The van der Waals surface area contributed by atoms with E-state index in [0.29, 0.717) is 30.7 Å². The molecule has 0 amide bonds. The summed E-state index contributed by atoms with van der Waals surface area (Å²) in [5.41, 5.74) is 2.14. The fourth-order valence-corrected chi connectivity index (χ4v) is 3.09. The fraction of sp³-hybridized carbons (Fsp3) is 0.600. The van der Waals surface area contributed by atoms with Gasteiger partial charge in [-0.2, -0.15) is 0 Å². The smallest absolute Gasteiger partial charge is 0.240 e. The van der Waals surface area contributed by atoms with Gasteiger partial charge < -0.3 is 10.1 Å². The van der Waals surface area contributed by atoms with Crippen LogP contribution in [-0.2, 0) is 21.3 Å². The minimum Gasteiger partial charge on any atom is -0.380 e. The predicted molar refractivity (Wildman–Crippen MR) is 82.7 cm³/mol. The molecule has 118 valence electrons. The van der Waals surface area contributed by atoms with Crippen molar-refractivity contribution in [2.75, 3.05) is 19.8 Å². The van der Waals surface area contributed by atoms with Crippen LogP contribution in [0, 0.1) is 6.92 Å². The summed E-state index contributed by atoms with van der Waals surface area (Å²) in [5.74, 6) is 0. The minimum atomic E-state index is -3.46. The lowest BCUT2D eigenvalue weighted by Crippen LogP contribution is -2.27. The van der Waals surface area contributed by atoms with E-state index < -0.39 is 10.0 Å². The fourth-order valence-electron chi connectivity index (χ4n) is 2.02. The SMILES string of the molecule is CCOCCNS(=O)(=O)c1ccc(C)c(CNC2CC2)c1. The lowest BCUT2D eigenvalue weighted by Gasteiger charge is -2.11. The second kappa shape index (κ2) is 7.35. The van der Waals surface area contributed by atoms with Crippen LogP contribution in [-0.4, -0.2) is 34.2 Å². The van der Waals surface area contributed by atoms with Crippen LogP contribution in [0.2, 0.25) is 0 Å². The molecule has 1 saturated carbocycles. The van der Waals surface area contributed by atoms with Crippen molar-refractivity contribution < 1.29 is 13.2 Å². The monoisotopic (exact) mass is 312 g/mol. The Morgan fingerprint density at radius 3 is 2.76 bits per heavy atom. The van der Waals surface area contributed by atoms with Gasteiger partial charge in [-0.3, -0.25) is 0 Å². The lowest BCUT2D eigenvalue weighted by molar-refractivity contribution is 0.153. The van der Waals surface area contributed by atoms with Crippen LogP contribution in [0.15, 0.2) is 23.1 Å². The quantitative estimate of drug-likeness (QED) is 0.679. The molecule has 2 rings (SSSR count). The van der Waals surface area contributed by atoms with Gasteiger partial charge in [-0.15, -0.1) is 0 Å².